The third-order valence-electron chi connectivity index (χ3n) is 2.66. The lowest BCUT2D eigenvalue weighted by atomic mass is 10.2. The van der Waals surface area contributed by atoms with Crippen molar-refractivity contribution >= 4 is 28.6 Å². The van der Waals surface area contributed by atoms with Crippen molar-refractivity contribution in [2.45, 2.75) is 27.3 Å². The molecule has 1 amide bonds. The van der Waals surface area contributed by atoms with Crippen LogP contribution in [0.4, 0.5) is 11.4 Å². The van der Waals surface area contributed by atoms with Crippen molar-refractivity contribution in [2.24, 2.45) is 0 Å². The maximum atomic E-state index is 10.9. The number of aromatic nitrogens is 1. The summed E-state index contributed by atoms with van der Waals surface area (Å²) in [4.78, 5) is 16.6. The second-order valence-electron chi connectivity index (χ2n) is 4.35. The summed E-state index contributed by atoms with van der Waals surface area (Å²) in [6.07, 6.45) is 0. The predicted molar refractivity (Wildman–Crippen MR) is 79.7 cm³/mol. The molecule has 5 heteroatoms. The predicted octanol–water partition coefficient (Wildman–Crippen LogP) is 3.33. The standard InChI is InChI=1S/C14H17N3OS/c1-9-14(19-11(3)16-9)8-15-12-4-6-13(7-5-12)17-10(2)18/h4-7,15H,8H2,1-3H3,(H,17,18). The maximum Gasteiger partial charge on any atom is 0.221 e. The van der Waals surface area contributed by atoms with E-state index in [0.29, 0.717) is 0 Å². The number of carbonyl (C=O) groups excluding carboxylic acids is 1. The van der Waals surface area contributed by atoms with Crippen molar-refractivity contribution in [1.29, 1.82) is 0 Å². The van der Waals surface area contributed by atoms with Gasteiger partial charge in [-0.1, -0.05) is 0 Å². The Morgan fingerprint density at radius 2 is 1.84 bits per heavy atom. The monoisotopic (exact) mass is 275 g/mol. The van der Waals surface area contributed by atoms with Gasteiger partial charge in [0.05, 0.1) is 17.2 Å². The molecule has 0 fully saturated rings. The zero-order chi connectivity index (χ0) is 13.8. The fourth-order valence-electron chi connectivity index (χ4n) is 1.79. The highest BCUT2D eigenvalue weighted by Gasteiger charge is 2.04. The van der Waals surface area contributed by atoms with Crippen molar-refractivity contribution in [1.82, 2.24) is 4.98 Å². The van der Waals surface area contributed by atoms with E-state index in [0.717, 1.165) is 28.6 Å². The number of benzene rings is 1. The SMILES string of the molecule is CC(=O)Nc1ccc(NCc2sc(C)nc2C)cc1. The smallest absolute Gasteiger partial charge is 0.221 e. The van der Waals surface area contributed by atoms with Gasteiger partial charge in [0, 0.05) is 23.2 Å². The van der Waals surface area contributed by atoms with E-state index >= 15 is 0 Å². The molecule has 2 rings (SSSR count). The molecule has 4 nitrogen and oxygen atoms in total. The van der Waals surface area contributed by atoms with Crippen LogP contribution in [0.1, 0.15) is 22.5 Å². The Hall–Kier alpha value is -1.88. The van der Waals surface area contributed by atoms with Crippen molar-refractivity contribution in [3.05, 3.63) is 39.8 Å². The zero-order valence-corrected chi connectivity index (χ0v) is 12.1. The molecule has 0 bridgehead atoms. The molecule has 19 heavy (non-hydrogen) atoms. The third-order valence-corrected chi connectivity index (χ3v) is 3.73. The maximum absolute atomic E-state index is 10.9. The Balaban J connectivity index is 1.96. The highest BCUT2D eigenvalue weighted by Crippen LogP contribution is 2.19. The van der Waals surface area contributed by atoms with Gasteiger partial charge >= 0.3 is 0 Å². The molecule has 0 unspecified atom stereocenters. The second-order valence-corrected chi connectivity index (χ2v) is 5.64. The number of aryl methyl sites for hydroxylation is 2. The molecule has 0 spiro atoms. The van der Waals surface area contributed by atoms with E-state index in [4.69, 9.17) is 0 Å². The zero-order valence-electron chi connectivity index (χ0n) is 11.3. The van der Waals surface area contributed by atoms with Crippen LogP contribution in [0.2, 0.25) is 0 Å². The third kappa shape index (κ3) is 3.79. The van der Waals surface area contributed by atoms with Gasteiger partial charge in [-0.25, -0.2) is 4.98 Å². The van der Waals surface area contributed by atoms with Crippen LogP contribution < -0.4 is 10.6 Å². The van der Waals surface area contributed by atoms with Crippen LogP contribution in [0.25, 0.3) is 0 Å². The van der Waals surface area contributed by atoms with Gasteiger partial charge in [-0.3, -0.25) is 4.79 Å². The number of carbonyl (C=O) groups is 1. The Morgan fingerprint density at radius 1 is 1.21 bits per heavy atom. The first-order valence-corrected chi connectivity index (χ1v) is 6.90. The molecular weight excluding hydrogens is 258 g/mol. The van der Waals surface area contributed by atoms with Crippen LogP contribution in [-0.2, 0) is 11.3 Å². The number of rotatable bonds is 4. The van der Waals surface area contributed by atoms with Crippen molar-refractivity contribution in [3.63, 3.8) is 0 Å². The molecule has 0 atom stereocenters. The van der Waals surface area contributed by atoms with E-state index < -0.39 is 0 Å². The summed E-state index contributed by atoms with van der Waals surface area (Å²) in [7, 11) is 0. The van der Waals surface area contributed by atoms with Gasteiger partial charge in [0.2, 0.25) is 5.91 Å². The van der Waals surface area contributed by atoms with Crippen LogP contribution >= 0.6 is 11.3 Å². The molecule has 2 aromatic rings. The van der Waals surface area contributed by atoms with Gasteiger partial charge in [-0.2, -0.15) is 0 Å². The normalized spacial score (nSPS) is 10.3. The van der Waals surface area contributed by atoms with Gasteiger partial charge < -0.3 is 10.6 Å². The number of nitrogens with zero attached hydrogens (tertiary/aromatic N) is 1. The van der Waals surface area contributed by atoms with Gasteiger partial charge in [-0.05, 0) is 38.1 Å². The Morgan fingerprint density at radius 3 is 2.37 bits per heavy atom. The average Bonchev–Trinajstić information content (AvgIpc) is 2.66. The summed E-state index contributed by atoms with van der Waals surface area (Å²) in [5.74, 6) is -0.0588. The molecule has 0 aliphatic rings. The fraction of sp³-hybridized carbons (Fsp3) is 0.286. The molecule has 0 aliphatic heterocycles. The van der Waals surface area contributed by atoms with Gasteiger partial charge in [0.15, 0.2) is 0 Å². The summed E-state index contributed by atoms with van der Waals surface area (Å²) in [5, 5.41) is 7.19. The largest absolute Gasteiger partial charge is 0.380 e. The lowest BCUT2D eigenvalue weighted by molar-refractivity contribution is -0.114. The molecule has 0 saturated carbocycles. The van der Waals surface area contributed by atoms with Crippen molar-refractivity contribution in [3.8, 4) is 0 Å². The average molecular weight is 275 g/mol. The van der Waals surface area contributed by atoms with E-state index in [-0.39, 0.29) is 5.91 Å². The number of hydrogen-bond donors (Lipinski definition) is 2. The van der Waals surface area contributed by atoms with Crippen LogP contribution in [0.5, 0.6) is 0 Å². The van der Waals surface area contributed by atoms with Crippen molar-refractivity contribution in [2.75, 3.05) is 10.6 Å². The fourth-order valence-corrected chi connectivity index (χ4v) is 2.67. The highest BCUT2D eigenvalue weighted by atomic mass is 32.1. The number of hydrogen-bond acceptors (Lipinski definition) is 4. The minimum atomic E-state index is -0.0588. The topological polar surface area (TPSA) is 54.0 Å². The molecule has 0 saturated heterocycles. The summed E-state index contributed by atoms with van der Waals surface area (Å²) in [6.45, 7) is 6.32. The van der Waals surface area contributed by atoms with Crippen molar-refractivity contribution < 1.29 is 4.79 Å². The molecule has 1 aromatic carbocycles. The number of amides is 1. The Labute approximate surface area is 116 Å². The summed E-state index contributed by atoms with van der Waals surface area (Å²) in [6, 6.07) is 7.67. The molecule has 2 N–H and O–H groups in total. The number of nitrogens with one attached hydrogen (secondary N) is 2. The minimum absolute atomic E-state index is 0.0588. The minimum Gasteiger partial charge on any atom is -0.380 e. The van der Waals surface area contributed by atoms with E-state index in [1.165, 1.54) is 11.8 Å². The molecule has 0 aliphatic carbocycles. The molecule has 100 valence electrons. The molecule has 0 radical (unpaired) electrons. The summed E-state index contributed by atoms with van der Waals surface area (Å²) in [5.41, 5.74) is 2.92. The van der Waals surface area contributed by atoms with E-state index in [9.17, 15) is 4.79 Å². The van der Waals surface area contributed by atoms with E-state index in [1.807, 2.05) is 38.1 Å². The Bertz CT molecular complexity index is 575. The quantitative estimate of drug-likeness (QED) is 0.900. The number of thiazole rings is 1. The van der Waals surface area contributed by atoms with E-state index in [2.05, 4.69) is 15.6 Å². The molecule has 1 aromatic heterocycles. The second kappa shape index (κ2) is 5.84. The van der Waals surface area contributed by atoms with Crippen LogP contribution in [-0.4, -0.2) is 10.9 Å². The first kappa shape index (κ1) is 13.5. The van der Waals surface area contributed by atoms with Crippen LogP contribution in [0.3, 0.4) is 0 Å². The Kier molecular flexibility index (Phi) is 4.16. The summed E-state index contributed by atoms with van der Waals surface area (Å²) >= 11 is 1.71. The lowest BCUT2D eigenvalue weighted by Gasteiger charge is -2.07. The van der Waals surface area contributed by atoms with E-state index in [1.54, 1.807) is 11.3 Å². The van der Waals surface area contributed by atoms with Gasteiger partial charge in [-0.15, -0.1) is 11.3 Å². The van der Waals surface area contributed by atoms with Crippen LogP contribution in [0.15, 0.2) is 24.3 Å². The highest BCUT2D eigenvalue weighted by molar-refractivity contribution is 7.11. The summed E-state index contributed by atoms with van der Waals surface area (Å²) < 4.78 is 0. The first-order valence-electron chi connectivity index (χ1n) is 6.09. The van der Waals surface area contributed by atoms with Crippen LogP contribution in [0, 0.1) is 13.8 Å². The molecular formula is C14H17N3OS. The van der Waals surface area contributed by atoms with Gasteiger partial charge in [0.1, 0.15) is 0 Å². The number of anilines is 2. The van der Waals surface area contributed by atoms with Gasteiger partial charge in [0.25, 0.3) is 0 Å². The lowest BCUT2D eigenvalue weighted by Crippen LogP contribution is -2.05. The molecule has 1 heterocycles. The first-order chi connectivity index (χ1) is 9.04.